The van der Waals surface area contributed by atoms with Crippen molar-refractivity contribution in [2.75, 3.05) is 0 Å². The maximum Gasteiger partial charge on any atom is 3.00 e. The first-order valence-electron chi connectivity index (χ1n) is 6.31. The third-order valence-corrected chi connectivity index (χ3v) is 3.09. The summed E-state index contributed by atoms with van der Waals surface area (Å²) < 4.78 is 1.92. The third-order valence-electron chi connectivity index (χ3n) is 3.09. The summed E-state index contributed by atoms with van der Waals surface area (Å²) in [7, 11) is 0. The van der Waals surface area contributed by atoms with Gasteiger partial charge < -0.3 is 0 Å². The fraction of sp³-hybridized carbons (Fsp3) is 0.125. The minimum atomic E-state index is 0. The Hall–Kier alpha value is -1.80. The first kappa shape index (κ1) is 14.6. The van der Waals surface area contributed by atoms with Crippen molar-refractivity contribution >= 4 is 0 Å². The molecule has 0 aliphatic rings. The summed E-state index contributed by atoms with van der Waals surface area (Å²) in [5.74, 6) is 1.66. The average molecular weight is 350 g/mol. The van der Waals surface area contributed by atoms with Crippen LogP contribution in [0.1, 0.15) is 11.4 Å². The minimum absolute atomic E-state index is 0. The summed E-state index contributed by atoms with van der Waals surface area (Å²) in [5.41, 5.74) is 3.33. The zero-order valence-electron chi connectivity index (χ0n) is 11.4. The summed E-state index contributed by atoms with van der Waals surface area (Å²) in [6.45, 7) is 4.00. The van der Waals surface area contributed by atoms with E-state index >= 15 is 0 Å². The van der Waals surface area contributed by atoms with Gasteiger partial charge in [-0.2, -0.15) is 5.10 Å². The Kier molecular flexibility index (Phi) is 4.46. The topological polar surface area (TPSA) is 30.7 Å². The van der Waals surface area contributed by atoms with Gasteiger partial charge in [0.05, 0.1) is 5.69 Å². The number of hydrogen-bond donors (Lipinski definition) is 0. The van der Waals surface area contributed by atoms with Crippen LogP contribution in [0.2, 0.25) is 0 Å². The van der Waals surface area contributed by atoms with Gasteiger partial charge in [0.15, 0.2) is 5.82 Å². The molecule has 0 bridgehead atoms. The van der Waals surface area contributed by atoms with E-state index in [1.807, 2.05) is 41.9 Å². The molecule has 0 unspecified atom stereocenters. The zero-order chi connectivity index (χ0) is 13.2. The van der Waals surface area contributed by atoms with Gasteiger partial charge in [0.1, 0.15) is 5.82 Å². The maximum absolute atomic E-state index is 4.55. The molecule has 2 aromatic carbocycles. The summed E-state index contributed by atoms with van der Waals surface area (Å²) in [4.78, 5) is 4.55. The number of benzene rings is 2. The van der Waals surface area contributed by atoms with E-state index < -0.39 is 0 Å². The molecule has 0 atom stereocenters. The normalized spacial score (nSPS) is 10.1. The number of rotatable bonds is 2. The van der Waals surface area contributed by atoms with Crippen molar-refractivity contribution < 1.29 is 19.5 Å². The van der Waals surface area contributed by atoms with E-state index in [2.05, 4.69) is 41.3 Å². The van der Waals surface area contributed by atoms with Crippen LogP contribution >= 0.6 is 0 Å². The molecule has 0 amide bonds. The third kappa shape index (κ3) is 2.71. The van der Waals surface area contributed by atoms with Gasteiger partial charge >= 0.3 is 19.5 Å². The number of aromatic nitrogens is 3. The van der Waals surface area contributed by atoms with Crippen LogP contribution in [0.3, 0.4) is 0 Å². The molecule has 3 aromatic rings. The smallest absolute Gasteiger partial charge is 0.213 e. The van der Waals surface area contributed by atoms with Crippen LogP contribution in [-0.2, 0) is 19.5 Å². The van der Waals surface area contributed by atoms with Gasteiger partial charge in [-0.25, -0.2) is 9.67 Å². The molecule has 0 saturated heterocycles. The van der Waals surface area contributed by atoms with Gasteiger partial charge in [-0.3, -0.25) is 0 Å². The molecule has 0 aliphatic heterocycles. The van der Waals surface area contributed by atoms with Gasteiger partial charge in [-0.15, -0.1) is 0 Å². The van der Waals surface area contributed by atoms with Crippen molar-refractivity contribution in [3.8, 4) is 17.1 Å². The molecule has 0 spiro atoms. The van der Waals surface area contributed by atoms with Gasteiger partial charge in [-0.1, -0.05) is 48.5 Å². The molecule has 1 aromatic heterocycles. The standard InChI is InChI=1S/C16H15N3.Ru/c1-12-8-6-7-11-15(12)19-16(17-13(2)18-19)14-9-4-3-5-10-14;/h3-11H,1-2H3;/q;+3. The zero-order valence-corrected chi connectivity index (χ0v) is 13.1. The van der Waals surface area contributed by atoms with Gasteiger partial charge in [0.2, 0.25) is 0 Å². The van der Waals surface area contributed by atoms with Crippen molar-refractivity contribution in [2.24, 2.45) is 0 Å². The van der Waals surface area contributed by atoms with E-state index in [0.717, 1.165) is 22.9 Å². The fourth-order valence-corrected chi connectivity index (χ4v) is 2.16. The predicted molar refractivity (Wildman–Crippen MR) is 76.3 cm³/mol. The molecule has 4 heteroatoms. The first-order chi connectivity index (χ1) is 9.25. The Bertz CT molecular complexity index is 705. The van der Waals surface area contributed by atoms with Crippen LogP contribution < -0.4 is 0 Å². The van der Waals surface area contributed by atoms with E-state index in [1.165, 1.54) is 5.56 Å². The molecule has 1 radical (unpaired) electrons. The first-order valence-corrected chi connectivity index (χ1v) is 6.31. The van der Waals surface area contributed by atoms with Crippen molar-refractivity contribution in [1.29, 1.82) is 0 Å². The van der Waals surface area contributed by atoms with Crippen molar-refractivity contribution in [3.05, 3.63) is 66.0 Å². The predicted octanol–water partition coefficient (Wildman–Crippen LogP) is 3.55. The molecule has 0 fully saturated rings. The quantitative estimate of drug-likeness (QED) is 0.662. The average Bonchev–Trinajstić information content (AvgIpc) is 2.82. The van der Waals surface area contributed by atoms with Crippen LogP contribution in [-0.4, -0.2) is 14.8 Å². The molecule has 0 saturated carbocycles. The van der Waals surface area contributed by atoms with E-state index in [9.17, 15) is 0 Å². The molecule has 3 nitrogen and oxygen atoms in total. The van der Waals surface area contributed by atoms with Crippen molar-refractivity contribution in [2.45, 2.75) is 13.8 Å². The second kappa shape index (κ2) is 6.10. The Morgan fingerprint density at radius 2 is 1.50 bits per heavy atom. The Balaban J connectivity index is 0.00000147. The Morgan fingerprint density at radius 3 is 2.20 bits per heavy atom. The SMILES string of the molecule is Cc1nc(-c2ccccc2)n(-c2ccccc2C)n1.[Ru+3]. The van der Waals surface area contributed by atoms with Crippen LogP contribution in [0.4, 0.5) is 0 Å². The molecular weight excluding hydrogens is 335 g/mol. The monoisotopic (exact) mass is 351 g/mol. The molecule has 20 heavy (non-hydrogen) atoms. The fourth-order valence-electron chi connectivity index (χ4n) is 2.16. The van der Waals surface area contributed by atoms with Gasteiger partial charge in [-0.05, 0) is 25.5 Å². The molecule has 0 N–H and O–H groups in total. The van der Waals surface area contributed by atoms with Crippen LogP contribution in [0.15, 0.2) is 54.6 Å². The maximum atomic E-state index is 4.55. The summed E-state index contributed by atoms with van der Waals surface area (Å²) in [5, 5.41) is 4.52. The van der Waals surface area contributed by atoms with Gasteiger partial charge in [0.25, 0.3) is 0 Å². The molecule has 0 aliphatic carbocycles. The second-order valence-corrected chi connectivity index (χ2v) is 4.55. The van der Waals surface area contributed by atoms with E-state index in [1.54, 1.807) is 0 Å². The van der Waals surface area contributed by atoms with Crippen LogP contribution in [0, 0.1) is 13.8 Å². The number of nitrogens with zero attached hydrogens (tertiary/aromatic N) is 3. The molecular formula is C16H15N3Ru+3. The number of aryl methyl sites for hydroxylation is 2. The summed E-state index contributed by atoms with van der Waals surface area (Å²) >= 11 is 0. The van der Waals surface area contributed by atoms with Gasteiger partial charge in [0, 0.05) is 5.56 Å². The van der Waals surface area contributed by atoms with E-state index in [0.29, 0.717) is 0 Å². The molecule has 3 rings (SSSR count). The van der Waals surface area contributed by atoms with Crippen LogP contribution in [0.25, 0.3) is 17.1 Å². The van der Waals surface area contributed by atoms with Crippen molar-refractivity contribution in [1.82, 2.24) is 14.8 Å². The Morgan fingerprint density at radius 1 is 0.850 bits per heavy atom. The van der Waals surface area contributed by atoms with E-state index in [4.69, 9.17) is 0 Å². The molecule has 1 heterocycles. The number of para-hydroxylation sites is 1. The summed E-state index contributed by atoms with van der Waals surface area (Å²) in [6, 6.07) is 18.3. The largest absolute Gasteiger partial charge is 3.00 e. The molecule has 99 valence electrons. The Labute approximate surface area is 131 Å². The minimum Gasteiger partial charge on any atom is -0.213 e. The number of hydrogen-bond acceptors (Lipinski definition) is 2. The summed E-state index contributed by atoms with van der Waals surface area (Å²) in [6.07, 6.45) is 0. The van der Waals surface area contributed by atoms with Crippen molar-refractivity contribution in [3.63, 3.8) is 0 Å². The van der Waals surface area contributed by atoms with Crippen LogP contribution in [0.5, 0.6) is 0 Å². The second-order valence-electron chi connectivity index (χ2n) is 4.55. The van der Waals surface area contributed by atoms with E-state index in [-0.39, 0.29) is 19.5 Å².